The molecular weight excluding hydrogens is 258 g/mol. The predicted molar refractivity (Wildman–Crippen MR) is 87.8 cm³/mol. The highest BCUT2D eigenvalue weighted by atomic mass is 16.5. The first-order chi connectivity index (χ1) is 10.2. The Morgan fingerprint density at radius 2 is 2.14 bits per heavy atom. The van der Waals surface area contributed by atoms with Crippen LogP contribution in [0.25, 0.3) is 0 Å². The second kappa shape index (κ2) is 6.39. The average molecular weight is 287 g/mol. The minimum atomic E-state index is 0.480. The maximum absolute atomic E-state index is 5.63. The standard InChI is InChI=1S/C19H29NO/c1-4-17(20-18-7-5-6-13(2)14(18)3)15-8-9-19-16(12-15)10-11-21-19/h8-9,12-14,17-18,20H,4-7,10-11H2,1-3H3. The second-order valence-corrected chi connectivity index (χ2v) is 6.97. The monoisotopic (exact) mass is 287 g/mol. The minimum absolute atomic E-state index is 0.480. The number of benzene rings is 1. The molecule has 1 saturated carbocycles. The lowest BCUT2D eigenvalue weighted by Gasteiger charge is -2.37. The van der Waals surface area contributed by atoms with Crippen LogP contribution in [0.1, 0.15) is 63.6 Å². The summed E-state index contributed by atoms with van der Waals surface area (Å²) >= 11 is 0. The van der Waals surface area contributed by atoms with Crippen molar-refractivity contribution in [3.63, 3.8) is 0 Å². The maximum atomic E-state index is 5.63. The maximum Gasteiger partial charge on any atom is 0.122 e. The van der Waals surface area contributed by atoms with Crippen molar-refractivity contribution in [3.05, 3.63) is 29.3 Å². The van der Waals surface area contributed by atoms with Crippen LogP contribution < -0.4 is 10.1 Å². The molecule has 1 N–H and O–H groups in total. The van der Waals surface area contributed by atoms with Gasteiger partial charge in [0.1, 0.15) is 5.75 Å². The number of rotatable bonds is 4. The fourth-order valence-electron chi connectivity index (χ4n) is 3.95. The molecule has 21 heavy (non-hydrogen) atoms. The van der Waals surface area contributed by atoms with Crippen LogP contribution in [0.4, 0.5) is 0 Å². The van der Waals surface area contributed by atoms with Gasteiger partial charge in [0.2, 0.25) is 0 Å². The Balaban J connectivity index is 1.73. The van der Waals surface area contributed by atoms with E-state index in [2.05, 4.69) is 44.3 Å². The van der Waals surface area contributed by atoms with Crippen LogP contribution >= 0.6 is 0 Å². The molecule has 116 valence electrons. The van der Waals surface area contributed by atoms with E-state index in [-0.39, 0.29) is 0 Å². The zero-order valence-electron chi connectivity index (χ0n) is 13.7. The SMILES string of the molecule is CCC(NC1CCCC(C)C1C)c1ccc2c(c1)CCO2. The van der Waals surface area contributed by atoms with Gasteiger partial charge >= 0.3 is 0 Å². The van der Waals surface area contributed by atoms with Crippen molar-refractivity contribution in [2.24, 2.45) is 11.8 Å². The third-order valence-corrected chi connectivity index (χ3v) is 5.65. The van der Waals surface area contributed by atoms with Crippen LogP contribution in [-0.4, -0.2) is 12.6 Å². The predicted octanol–water partition coefficient (Wildman–Crippen LogP) is 4.49. The van der Waals surface area contributed by atoms with Gasteiger partial charge in [-0.25, -0.2) is 0 Å². The molecule has 4 atom stereocenters. The van der Waals surface area contributed by atoms with E-state index in [1.54, 1.807) is 0 Å². The van der Waals surface area contributed by atoms with E-state index in [1.807, 2.05) is 0 Å². The van der Waals surface area contributed by atoms with E-state index in [1.165, 1.54) is 30.4 Å². The normalized spacial score (nSPS) is 29.8. The summed E-state index contributed by atoms with van der Waals surface area (Å²) in [5.74, 6) is 2.72. The van der Waals surface area contributed by atoms with Crippen molar-refractivity contribution < 1.29 is 4.74 Å². The summed E-state index contributed by atoms with van der Waals surface area (Å²) in [6, 6.07) is 7.93. The molecule has 3 rings (SSSR count). The van der Waals surface area contributed by atoms with Gasteiger partial charge in [-0.15, -0.1) is 0 Å². The molecule has 1 fully saturated rings. The molecule has 1 aliphatic heterocycles. The lowest BCUT2D eigenvalue weighted by atomic mass is 9.77. The number of hydrogen-bond acceptors (Lipinski definition) is 2. The highest BCUT2D eigenvalue weighted by Gasteiger charge is 2.28. The summed E-state index contributed by atoms with van der Waals surface area (Å²) < 4.78 is 5.63. The summed E-state index contributed by atoms with van der Waals surface area (Å²) in [6.45, 7) is 7.97. The molecule has 0 amide bonds. The van der Waals surface area contributed by atoms with E-state index in [0.717, 1.165) is 37.0 Å². The van der Waals surface area contributed by atoms with E-state index in [0.29, 0.717) is 12.1 Å². The average Bonchev–Trinajstić information content (AvgIpc) is 2.96. The Hall–Kier alpha value is -1.02. The van der Waals surface area contributed by atoms with Gasteiger partial charge < -0.3 is 10.1 Å². The summed E-state index contributed by atoms with van der Waals surface area (Å²) in [5, 5.41) is 3.95. The molecule has 0 spiro atoms. The molecule has 2 heteroatoms. The van der Waals surface area contributed by atoms with Gasteiger partial charge in [0.15, 0.2) is 0 Å². The lowest BCUT2D eigenvalue weighted by molar-refractivity contribution is 0.192. The van der Waals surface area contributed by atoms with Gasteiger partial charge in [-0.05, 0) is 41.9 Å². The summed E-state index contributed by atoms with van der Waals surface area (Å²) in [4.78, 5) is 0. The van der Waals surface area contributed by atoms with Crippen LogP contribution in [-0.2, 0) is 6.42 Å². The molecular formula is C19H29NO. The minimum Gasteiger partial charge on any atom is -0.493 e. The van der Waals surface area contributed by atoms with Crippen LogP contribution in [0.2, 0.25) is 0 Å². The third-order valence-electron chi connectivity index (χ3n) is 5.65. The van der Waals surface area contributed by atoms with E-state index < -0.39 is 0 Å². The smallest absolute Gasteiger partial charge is 0.122 e. The first-order valence-electron chi connectivity index (χ1n) is 8.70. The van der Waals surface area contributed by atoms with E-state index in [4.69, 9.17) is 4.74 Å². The highest BCUT2D eigenvalue weighted by Crippen LogP contribution is 2.33. The molecule has 1 heterocycles. The Morgan fingerprint density at radius 3 is 2.95 bits per heavy atom. The van der Waals surface area contributed by atoms with Crippen molar-refractivity contribution in [3.8, 4) is 5.75 Å². The number of hydrogen-bond donors (Lipinski definition) is 1. The fourth-order valence-corrected chi connectivity index (χ4v) is 3.95. The third kappa shape index (κ3) is 3.11. The summed E-state index contributed by atoms with van der Waals surface area (Å²) in [5.41, 5.74) is 2.82. The van der Waals surface area contributed by atoms with Gasteiger partial charge in [-0.3, -0.25) is 0 Å². The van der Waals surface area contributed by atoms with Crippen LogP contribution in [0.5, 0.6) is 5.75 Å². The molecule has 0 saturated heterocycles. The Morgan fingerprint density at radius 1 is 1.29 bits per heavy atom. The molecule has 1 aromatic carbocycles. The Kier molecular flexibility index (Phi) is 4.54. The largest absolute Gasteiger partial charge is 0.493 e. The molecule has 1 aromatic rings. The van der Waals surface area contributed by atoms with Gasteiger partial charge in [0.05, 0.1) is 6.61 Å². The summed E-state index contributed by atoms with van der Waals surface area (Å²) in [6.07, 6.45) is 6.31. The Labute approximate surface area is 129 Å². The van der Waals surface area contributed by atoms with E-state index in [9.17, 15) is 0 Å². The second-order valence-electron chi connectivity index (χ2n) is 6.97. The van der Waals surface area contributed by atoms with Gasteiger partial charge in [0.25, 0.3) is 0 Å². The van der Waals surface area contributed by atoms with Crippen LogP contribution in [0, 0.1) is 11.8 Å². The molecule has 2 aliphatic rings. The highest BCUT2D eigenvalue weighted by molar-refractivity contribution is 5.40. The van der Waals surface area contributed by atoms with Crippen molar-refractivity contribution in [2.75, 3.05) is 6.61 Å². The van der Waals surface area contributed by atoms with Crippen molar-refractivity contribution in [2.45, 2.75) is 65.0 Å². The number of ether oxygens (including phenoxy) is 1. The zero-order valence-corrected chi connectivity index (χ0v) is 13.7. The molecule has 4 unspecified atom stereocenters. The quantitative estimate of drug-likeness (QED) is 0.881. The molecule has 0 bridgehead atoms. The van der Waals surface area contributed by atoms with Crippen molar-refractivity contribution >= 4 is 0 Å². The van der Waals surface area contributed by atoms with Crippen molar-refractivity contribution in [1.82, 2.24) is 5.32 Å². The van der Waals surface area contributed by atoms with Gasteiger partial charge in [-0.1, -0.05) is 45.7 Å². The lowest BCUT2D eigenvalue weighted by Crippen LogP contribution is -2.42. The van der Waals surface area contributed by atoms with Gasteiger partial charge in [-0.2, -0.15) is 0 Å². The summed E-state index contributed by atoms with van der Waals surface area (Å²) in [7, 11) is 0. The zero-order chi connectivity index (χ0) is 14.8. The van der Waals surface area contributed by atoms with E-state index >= 15 is 0 Å². The fraction of sp³-hybridized carbons (Fsp3) is 0.684. The first-order valence-corrected chi connectivity index (χ1v) is 8.70. The molecule has 2 nitrogen and oxygen atoms in total. The number of nitrogens with one attached hydrogen (secondary N) is 1. The van der Waals surface area contributed by atoms with Gasteiger partial charge in [0, 0.05) is 18.5 Å². The van der Waals surface area contributed by atoms with Crippen LogP contribution in [0.15, 0.2) is 18.2 Å². The Bertz CT molecular complexity index is 484. The van der Waals surface area contributed by atoms with Crippen LogP contribution in [0.3, 0.4) is 0 Å². The topological polar surface area (TPSA) is 21.3 Å². The molecule has 0 aromatic heterocycles. The molecule has 0 radical (unpaired) electrons. The van der Waals surface area contributed by atoms with Crippen molar-refractivity contribution in [1.29, 1.82) is 0 Å². The molecule has 1 aliphatic carbocycles. The first kappa shape index (κ1) is 14.9. The number of fused-ring (bicyclic) bond motifs is 1.